The van der Waals surface area contributed by atoms with Gasteiger partial charge in [-0.05, 0) is 6.92 Å². The molecule has 0 aliphatic rings. The van der Waals surface area contributed by atoms with E-state index in [9.17, 15) is 8.42 Å². The monoisotopic (exact) mass is 302 g/mol. The Morgan fingerprint density at radius 3 is 2.15 bits per heavy atom. The first-order chi connectivity index (χ1) is 9.38. The molecule has 20 heavy (non-hydrogen) atoms. The summed E-state index contributed by atoms with van der Waals surface area (Å²) in [5, 5.41) is 5.93. The lowest BCUT2D eigenvalue weighted by Gasteiger charge is -2.13. The summed E-state index contributed by atoms with van der Waals surface area (Å²) in [7, 11) is 0.663. The van der Waals surface area contributed by atoms with Gasteiger partial charge in [-0.25, -0.2) is 8.42 Å². The highest BCUT2D eigenvalue weighted by Gasteiger charge is 2.10. The quantitative estimate of drug-likeness (QED) is 0.703. The van der Waals surface area contributed by atoms with E-state index in [1.165, 1.54) is 0 Å². The molecule has 0 aliphatic heterocycles. The minimum absolute atomic E-state index is 0.0586. The zero-order chi connectivity index (χ0) is 15.2. The summed E-state index contributed by atoms with van der Waals surface area (Å²) in [6, 6.07) is 0. The maximum absolute atomic E-state index is 11.4. The van der Waals surface area contributed by atoms with Gasteiger partial charge < -0.3 is 15.5 Å². The van der Waals surface area contributed by atoms with Crippen molar-refractivity contribution in [2.24, 2.45) is 0 Å². The van der Waals surface area contributed by atoms with Crippen molar-refractivity contribution in [2.45, 2.75) is 13.8 Å². The van der Waals surface area contributed by atoms with Gasteiger partial charge in [0.1, 0.15) is 0 Å². The third kappa shape index (κ3) is 5.16. The van der Waals surface area contributed by atoms with E-state index >= 15 is 0 Å². The van der Waals surface area contributed by atoms with Crippen LogP contribution < -0.4 is 15.5 Å². The Kier molecular flexibility index (Phi) is 5.93. The average Bonchev–Trinajstić information content (AvgIpc) is 2.38. The van der Waals surface area contributed by atoms with Crippen molar-refractivity contribution in [1.82, 2.24) is 15.0 Å². The second kappa shape index (κ2) is 7.22. The zero-order valence-electron chi connectivity index (χ0n) is 12.3. The molecule has 0 saturated heterocycles. The Hall–Kier alpha value is -1.64. The molecule has 0 radical (unpaired) electrons. The predicted molar refractivity (Wildman–Crippen MR) is 81.1 cm³/mol. The minimum atomic E-state index is -3.00. The average molecular weight is 302 g/mol. The molecular formula is C11H22N6O2S. The van der Waals surface area contributed by atoms with Crippen LogP contribution in [0.1, 0.15) is 13.8 Å². The number of aromatic nitrogens is 3. The standard InChI is InChI=1S/C11H22N6O2S/c1-5-12-9-14-10(16-11(15-9)17(3)4)13-7-8-20(18,19)6-2/h5-8H2,1-4H3,(H2,12,13,14,15,16). The van der Waals surface area contributed by atoms with Crippen molar-refractivity contribution < 1.29 is 8.42 Å². The Morgan fingerprint density at radius 1 is 1.05 bits per heavy atom. The van der Waals surface area contributed by atoms with Gasteiger partial charge in [0.05, 0.1) is 5.75 Å². The van der Waals surface area contributed by atoms with Crippen LogP contribution in [0.2, 0.25) is 0 Å². The van der Waals surface area contributed by atoms with E-state index in [2.05, 4.69) is 25.6 Å². The molecule has 0 bridgehead atoms. The molecule has 114 valence electrons. The number of hydrogen-bond acceptors (Lipinski definition) is 8. The van der Waals surface area contributed by atoms with Crippen LogP contribution in [0.3, 0.4) is 0 Å². The molecule has 0 unspecified atom stereocenters. The minimum Gasteiger partial charge on any atom is -0.354 e. The highest BCUT2D eigenvalue weighted by molar-refractivity contribution is 7.91. The first kappa shape index (κ1) is 16.4. The van der Waals surface area contributed by atoms with Gasteiger partial charge in [-0.2, -0.15) is 15.0 Å². The molecule has 0 spiro atoms. The zero-order valence-corrected chi connectivity index (χ0v) is 13.2. The third-order valence-corrected chi connectivity index (χ3v) is 4.20. The van der Waals surface area contributed by atoms with Gasteiger partial charge in [-0.15, -0.1) is 0 Å². The fourth-order valence-corrected chi connectivity index (χ4v) is 2.05. The number of anilines is 3. The summed E-state index contributed by atoms with van der Waals surface area (Å²) in [6.07, 6.45) is 0. The van der Waals surface area contributed by atoms with Crippen LogP contribution in [0.4, 0.5) is 17.8 Å². The molecule has 8 nitrogen and oxygen atoms in total. The van der Waals surface area contributed by atoms with Gasteiger partial charge >= 0.3 is 0 Å². The Balaban J connectivity index is 2.78. The smallest absolute Gasteiger partial charge is 0.231 e. The molecule has 0 fully saturated rings. The molecule has 0 aromatic carbocycles. The number of hydrogen-bond donors (Lipinski definition) is 2. The SMILES string of the molecule is CCNc1nc(NCCS(=O)(=O)CC)nc(N(C)C)n1. The molecule has 0 atom stereocenters. The molecule has 1 rings (SSSR count). The maximum Gasteiger partial charge on any atom is 0.231 e. The van der Waals surface area contributed by atoms with Crippen LogP contribution in [-0.4, -0.2) is 62.1 Å². The second-order valence-corrected chi connectivity index (χ2v) is 6.84. The summed E-state index contributed by atoms with van der Waals surface area (Å²) in [4.78, 5) is 14.4. The summed E-state index contributed by atoms with van der Waals surface area (Å²) in [6.45, 7) is 4.55. The topological polar surface area (TPSA) is 100 Å². The molecule has 0 aliphatic carbocycles. The number of sulfone groups is 1. The Morgan fingerprint density at radius 2 is 1.65 bits per heavy atom. The molecule has 1 aromatic rings. The van der Waals surface area contributed by atoms with E-state index in [1.807, 2.05) is 21.0 Å². The van der Waals surface area contributed by atoms with Crippen LogP contribution in [0.15, 0.2) is 0 Å². The first-order valence-corrected chi connectivity index (χ1v) is 8.31. The van der Waals surface area contributed by atoms with E-state index in [0.717, 1.165) is 0 Å². The van der Waals surface area contributed by atoms with Crippen molar-refractivity contribution >= 4 is 27.7 Å². The second-order valence-electron chi connectivity index (χ2n) is 4.37. The lowest BCUT2D eigenvalue weighted by molar-refractivity contribution is 0.597. The van der Waals surface area contributed by atoms with Crippen LogP contribution in [0, 0.1) is 0 Å². The van der Waals surface area contributed by atoms with Gasteiger partial charge in [0.2, 0.25) is 17.8 Å². The fourth-order valence-electron chi connectivity index (χ4n) is 1.34. The van der Waals surface area contributed by atoms with E-state index in [1.54, 1.807) is 11.8 Å². The molecule has 0 amide bonds. The summed E-state index contributed by atoms with van der Waals surface area (Å²) in [5.74, 6) is 1.54. The van der Waals surface area contributed by atoms with Crippen molar-refractivity contribution in [3.63, 3.8) is 0 Å². The highest BCUT2D eigenvalue weighted by atomic mass is 32.2. The molecule has 2 N–H and O–H groups in total. The third-order valence-electron chi connectivity index (χ3n) is 2.49. The van der Waals surface area contributed by atoms with Crippen LogP contribution in [0.25, 0.3) is 0 Å². The van der Waals surface area contributed by atoms with Crippen molar-refractivity contribution in [3.8, 4) is 0 Å². The lowest BCUT2D eigenvalue weighted by Crippen LogP contribution is -2.20. The van der Waals surface area contributed by atoms with E-state index in [4.69, 9.17) is 0 Å². The lowest BCUT2D eigenvalue weighted by atomic mass is 10.7. The highest BCUT2D eigenvalue weighted by Crippen LogP contribution is 2.11. The van der Waals surface area contributed by atoms with Gasteiger partial charge in [0, 0.05) is 32.9 Å². The molecule has 1 heterocycles. The van der Waals surface area contributed by atoms with E-state index in [-0.39, 0.29) is 18.1 Å². The Bertz CT molecular complexity index is 532. The van der Waals surface area contributed by atoms with Crippen molar-refractivity contribution in [3.05, 3.63) is 0 Å². The maximum atomic E-state index is 11.4. The van der Waals surface area contributed by atoms with Gasteiger partial charge in [-0.1, -0.05) is 6.92 Å². The summed E-state index contributed by atoms with van der Waals surface area (Å²) < 4.78 is 22.8. The van der Waals surface area contributed by atoms with Gasteiger partial charge in [0.25, 0.3) is 0 Å². The van der Waals surface area contributed by atoms with Gasteiger partial charge in [0.15, 0.2) is 9.84 Å². The Labute approximate surface area is 119 Å². The number of rotatable bonds is 8. The predicted octanol–water partition coefficient (Wildman–Crippen LogP) is 0.216. The molecule has 9 heteroatoms. The van der Waals surface area contributed by atoms with E-state index in [0.29, 0.717) is 24.4 Å². The van der Waals surface area contributed by atoms with Gasteiger partial charge in [-0.3, -0.25) is 0 Å². The molecule has 1 aromatic heterocycles. The largest absolute Gasteiger partial charge is 0.354 e. The fraction of sp³-hybridized carbons (Fsp3) is 0.727. The summed E-state index contributed by atoms with van der Waals surface area (Å²) in [5.41, 5.74) is 0. The van der Waals surface area contributed by atoms with Crippen LogP contribution >= 0.6 is 0 Å². The normalized spacial score (nSPS) is 11.2. The van der Waals surface area contributed by atoms with Crippen molar-refractivity contribution in [1.29, 1.82) is 0 Å². The molecule has 0 saturated carbocycles. The number of nitrogens with one attached hydrogen (secondary N) is 2. The van der Waals surface area contributed by atoms with Crippen molar-refractivity contribution in [2.75, 3.05) is 54.2 Å². The molecular weight excluding hydrogens is 280 g/mol. The van der Waals surface area contributed by atoms with Crippen LogP contribution in [0.5, 0.6) is 0 Å². The summed E-state index contributed by atoms with van der Waals surface area (Å²) >= 11 is 0. The number of nitrogens with zero attached hydrogens (tertiary/aromatic N) is 4. The van der Waals surface area contributed by atoms with Crippen LogP contribution in [-0.2, 0) is 9.84 Å². The van der Waals surface area contributed by atoms with E-state index < -0.39 is 9.84 Å². The first-order valence-electron chi connectivity index (χ1n) is 6.49.